The Balaban J connectivity index is 2.51. The van der Waals surface area contributed by atoms with Gasteiger partial charge in [-0.3, -0.25) is 4.98 Å². The third-order valence-electron chi connectivity index (χ3n) is 3.84. The van der Waals surface area contributed by atoms with E-state index in [0.29, 0.717) is 12.3 Å². The van der Waals surface area contributed by atoms with Crippen molar-refractivity contribution in [1.29, 1.82) is 0 Å². The molecule has 1 aromatic heterocycles. The molecule has 0 aliphatic heterocycles. The number of aliphatic hydroxyl groups excluding tert-OH is 1. The number of hydrogen-bond donors (Lipinski definition) is 1. The van der Waals surface area contributed by atoms with Gasteiger partial charge in [-0.25, -0.2) is 0 Å². The van der Waals surface area contributed by atoms with Crippen LogP contribution in [0.1, 0.15) is 52.3 Å². The Morgan fingerprint density at radius 1 is 1.28 bits per heavy atom. The summed E-state index contributed by atoms with van der Waals surface area (Å²) in [6.45, 7) is 11.0. The smallest absolute Gasteiger partial charge is 0.0598 e. The van der Waals surface area contributed by atoms with Crippen molar-refractivity contribution in [1.82, 2.24) is 4.98 Å². The fraction of sp³-hybridized carbons (Fsp3) is 0.688. The molecule has 0 bridgehead atoms. The van der Waals surface area contributed by atoms with E-state index in [1.807, 2.05) is 12.3 Å². The molecule has 2 atom stereocenters. The standard InChI is InChI=1S/C16H27NO/c1-6-13-7-8-14(17-11-13)10-15(18)9-12(2)16(3,4)5/h7-8,11-12,15,18H,6,9-10H2,1-5H3. The maximum absolute atomic E-state index is 10.1. The molecule has 0 fully saturated rings. The zero-order valence-corrected chi connectivity index (χ0v) is 12.4. The van der Waals surface area contributed by atoms with Gasteiger partial charge < -0.3 is 5.11 Å². The molecular weight excluding hydrogens is 222 g/mol. The molecule has 0 saturated heterocycles. The van der Waals surface area contributed by atoms with E-state index in [0.717, 1.165) is 18.5 Å². The minimum Gasteiger partial charge on any atom is -0.393 e. The number of nitrogens with zero attached hydrogens (tertiary/aromatic N) is 1. The van der Waals surface area contributed by atoms with Crippen LogP contribution < -0.4 is 0 Å². The summed E-state index contributed by atoms with van der Waals surface area (Å²) in [6.07, 6.45) is 4.12. The highest BCUT2D eigenvalue weighted by atomic mass is 16.3. The second-order valence-corrected chi connectivity index (χ2v) is 6.37. The van der Waals surface area contributed by atoms with Crippen molar-refractivity contribution in [3.8, 4) is 0 Å². The van der Waals surface area contributed by atoms with Gasteiger partial charge in [-0.1, -0.05) is 40.7 Å². The summed E-state index contributed by atoms with van der Waals surface area (Å²) in [4.78, 5) is 4.40. The maximum atomic E-state index is 10.1. The Hall–Kier alpha value is -0.890. The van der Waals surface area contributed by atoms with Crippen LogP contribution >= 0.6 is 0 Å². The van der Waals surface area contributed by atoms with Crippen molar-refractivity contribution < 1.29 is 5.11 Å². The van der Waals surface area contributed by atoms with Crippen LogP contribution in [-0.2, 0) is 12.8 Å². The fourth-order valence-corrected chi connectivity index (χ4v) is 1.87. The Morgan fingerprint density at radius 3 is 2.39 bits per heavy atom. The summed E-state index contributed by atoms with van der Waals surface area (Å²) in [5, 5.41) is 10.1. The summed E-state index contributed by atoms with van der Waals surface area (Å²) in [5.74, 6) is 0.502. The van der Waals surface area contributed by atoms with Gasteiger partial charge in [-0.05, 0) is 35.8 Å². The van der Waals surface area contributed by atoms with Gasteiger partial charge in [0.05, 0.1) is 6.10 Å². The molecule has 102 valence electrons. The molecule has 1 aromatic rings. The molecule has 2 nitrogen and oxygen atoms in total. The van der Waals surface area contributed by atoms with Crippen LogP contribution in [0.2, 0.25) is 0 Å². The van der Waals surface area contributed by atoms with Crippen LogP contribution in [0.4, 0.5) is 0 Å². The first kappa shape index (κ1) is 15.2. The fourth-order valence-electron chi connectivity index (χ4n) is 1.87. The Morgan fingerprint density at radius 2 is 1.94 bits per heavy atom. The van der Waals surface area contributed by atoms with Crippen molar-refractivity contribution in [3.05, 3.63) is 29.6 Å². The minimum atomic E-state index is -0.292. The molecule has 1 heterocycles. The first-order chi connectivity index (χ1) is 8.32. The summed E-state index contributed by atoms with van der Waals surface area (Å²) in [6, 6.07) is 4.13. The third-order valence-corrected chi connectivity index (χ3v) is 3.84. The average molecular weight is 249 g/mol. The van der Waals surface area contributed by atoms with E-state index >= 15 is 0 Å². The number of aliphatic hydroxyl groups is 1. The van der Waals surface area contributed by atoms with E-state index in [2.05, 4.69) is 45.7 Å². The number of rotatable bonds is 5. The molecule has 0 amide bonds. The summed E-state index contributed by atoms with van der Waals surface area (Å²) >= 11 is 0. The van der Waals surface area contributed by atoms with Crippen molar-refractivity contribution in [2.45, 2.75) is 60.0 Å². The lowest BCUT2D eigenvalue weighted by Gasteiger charge is -2.29. The van der Waals surface area contributed by atoms with Crippen LogP contribution in [0, 0.1) is 11.3 Å². The molecule has 0 saturated carbocycles. The quantitative estimate of drug-likeness (QED) is 0.864. The average Bonchev–Trinajstić information content (AvgIpc) is 2.28. The monoisotopic (exact) mass is 249 g/mol. The van der Waals surface area contributed by atoms with Crippen LogP contribution in [0.15, 0.2) is 18.3 Å². The highest BCUT2D eigenvalue weighted by Gasteiger charge is 2.22. The number of pyridine rings is 1. The summed E-state index contributed by atoms with van der Waals surface area (Å²) in [5.41, 5.74) is 2.48. The second-order valence-electron chi connectivity index (χ2n) is 6.37. The normalized spacial score (nSPS) is 15.4. The van der Waals surface area contributed by atoms with Crippen molar-refractivity contribution in [3.63, 3.8) is 0 Å². The zero-order valence-electron chi connectivity index (χ0n) is 12.4. The number of hydrogen-bond acceptors (Lipinski definition) is 2. The molecule has 0 spiro atoms. The lowest BCUT2D eigenvalue weighted by atomic mass is 9.78. The third kappa shape index (κ3) is 4.77. The van der Waals surface area contributed by atoms with Gasteiger partial charge in [0.1, 0.15) is 0 Å². The first-order valence-corrected chi connectivity index (χ1v) is 6.94. The van der Waals surface area contributed by atoms with Crippen LogP contribution in [0.25, 0.3) is 0 Å². The van der Waals surface area contributed by atoms with Crippen LogP contribution in [0.3, 0.4) is 0 Å². The van der Waals surface area contributed by atoms with E-state index in [9.17, 15) is 5.11 Å². The van der Waals surface area contributed by atoms with Gasteiger partial charge in [-0.2, -0.15) is 0 Å². The van der Waals surface area contributed by atoms with Crippen molar-refractivity contribution in [2.75, 3.05) is 0 Å². The molecule has 0 aromatic carbocycles. The maximum Gasteiger partial charge on any atom is 0.0598 e. The topological polar surface area (TPSA) is 33.1 Å². The zero-order chi connectivity index (χ0) is 13.8. The molecule has 0 aliphatic carbocycles. The largest absolute Gasteiger partial charge is 0.393 e. The van der Waals surface area contributed by atoms with Gasteiger partial charge in [0.25, 0.3) is 0 Å². The SMILES string of the molecule is CCc1ccc(CC(O)CC(C)C(C)(C)C)nc1. The van der Waals surface area contributed by atoms with E-state index in [-0.39, 0.29) is 11.5 Å². The van der Waals surface area contributed by atoms with Gasteiger partial charge in [-0.15, -0.1) is 0 Å². The molecule has 2 unspecified atom stereocenters. The van der Waals surface area contributed by atoms with E-state index in [1.54, 1.807) is 0 Å². The Bertz CT molecular complexity index is 350. The molecule has 0 aliphatic rings. The molecular formula is C16H27NO. The summed E-state index contributed by atoms with van der Waals surface area (Å²) in [7, 11) is 0. The highest BCUT2D eigenvalue weighted by Crippen LogP contribution is 2.29. The highest BCUT2D eigenvalue weighted by molar-refractivity contribution is 5.14. The lowest BCUT2D eigenvalue weighted by molar-refractivity contribution is 0.109. The molecule has 2 heteroatoms. The van der Waals surface area contributed by atoms with E-state index in [4.69, 9.17) is 0 Å². The molecule has 1 N–H and O–H groups in total. The van der Waals surface area contributed by atoms with Crippen LogP contribution in [0.5, 0.6) is 0 Å². The minimum absolute atomic E-state index is 0.250. The Labute approximate surface area is 111 Å². The second kappa shape index (κ2) is 6.33. The number of aryl methyl sites for hydroxylation is 1. The predicted molar refractivity (Wildman–Crippen MR) is 76.6 cm³/mol. The Kier molecular flexibility index (Phi) is 5.33. The van der Waals surface area contributed by atoms with E-state index in [1.165, 1.54) is 5.56 Å². The van der Waals surface area contributed by atoms with Gasteiger partial charge in [0.2, 0.25) is 0 Å². The van der Waals surface area contributed by atoms with Gasteiger partial charge in [0, 0.05) is 18.3 Å². The first-order valence-electron chi connectivity index (χ1n) is 6.94. The van der Waals surface area contributed by atoms with Gasteiger partial charge in [0.15, 0.2) is 0 Å². The predicted octanol–water partition coefficient (Wildman–Crippen LogP) is 3.62. The molecule has 1 rings (SSSR count). The summed E-state index contributed by atoms with van der Waals surface area (Å²) < 4.78 is 0. The van der Waals surface area contributed by atoms with E-state index < -0.39 is 0 Å². The molecule has 18 heavy (non-hydrogen) atoms. The van der Waals surface area contributed by atoms with Crippen molar-refractivity contribution in [2.24, 2.45) is 11.3 Å². The molecule has 0 radical (unpaired) electrons. The number of aromatic nitrogens is 1. The lowest BCUT2D eigenvalue weighted by Crippen LogP contribution is -2.24. The van der Waals surface area contributed by atoms with Crippen molar-refractivity contribution >= 4 is 0 Å². The van der Waals surface area contributed by atoms with Crippen LogP contribution in [-0.4, -0.2) is 16.2 Å². The van der Waals surface area contributed by atoms with Gasteiger partial charge >= 0.3 is 0 Å².